The highest BCUT2D eigenvalue weighted by molar-refractivity contribution is 6.21. The molecule has 1 aromatic heterocycles. The summed E-state index contributed by atoms with van der Waals surface area (Å²) in [5, 5.41) is 14.3. The average Bonchev–Trinajstić information content (AvgIpc) is 3.14. The number of hydrogen-bond acceptors (Lipinski definition) is 5. The maximum atomic E-state index is 13.9. The van der Waals surface area contributed by atoms with Crippen molar-refractivity contribution >= 4 is 28.4 Å². The predicted octanol–water partition coefficient (Wildman–Crippen LogP) is 6.40. The Hall–Kier alpha value is -4.17. The number of benzene rings is 3. The first-order valence-electron chi connectivity index (χ1n) is 12.3. The molecule has 0 aliphatic heterocycles. The summed E-state index contributed by atoms with van der Waals surface area (Å²) in [6.45, 7) is 9.50. The standard InChI is InChI=1S/C30H33FN4O3/c1-29(2,3)38-28(37)33-17-18-7-6-8-19(15-18)26(34-22-12-9-20(10-13-22)30(4,5)32)25-23-14-11-21(31)16-24(23)35-27(25)36/h6-16,35-36H,17,32H2,1-5H3,(H,33,37). The van der Waals surface area contributed by atoms with Crippen LogP contribution in [0.15, 0.2) is 71.7 Å². The van der Waals surface area contributed by atoms with Crippen molar-refractivity contribution in [2.75, 3.05) is 0 Å². The van der Waals surface area contributed by atoms with Crippen molar-refractivity contribution in [1.29, 1.82) is 0 Å². The molecule has 0 saturated heterocycles. The molecule has 7 nitrogen and oxygen atoms in total. The Morgan fingerprint density at radius 3 is 2.42 bits per heavy atom. The maximum absolute atomic E-state index is 13.9. The number of ether oxygens (including phenoxy) is 1. The van der Waals surface area contributed by atoms with Gasteiger partial charge in [0.25, 0.3) is 0 Å². The minimum Gasteiger partial charge on any atom is -0.494 e. The highest BCUT2D eigenvalue weighted by atomic mass is 19.1. The second kappa shape index (κ2) is 10.3. The molecule has 0 radical (unpaired) electrons. The summed E-state index contributed by atoms with van der Waals surface area (Å²) >= 11 is 0. The third-order valence-corrected chi connectivity index (χ3v) is 5.87. The van der Waals surface area contributed by atoms with E-state index in [2.05, 4.69) is 10.3 Å². The summed E-state index contributed by atoms with van der Waals surface area (Å²) in [5.41, 5.74) is 9.63. The van der Waals surface area contributed by atoms with Gasteiger partial charge in [-0.05, 0) is 82.1 Å². The number of fused-ring (bicyclic) bond motifs is 1. The summed E-state index contributed by atoms with van der Waals surface area (Å²) in [6, 6.07) is 19.3. The highest BCUT2D eigenvalue weighted by Crippen LogP contribution is 2.32. The van der Waals surface area contributed by atoms with E-state index < -0.39 is 23.1 Å². The predicted molar refractivity (Wildman–Crippen MR) is 148 cm³/mol. The van der Waals surface area contributed by atoms with Crippen LogP contribution in [-0.2, 0) is 16.8 Å². The number of aliphatic imine (C=N–C) groups is 1. The maximum Gasteiger partial charge on any atom is 0.407 e. The van der Waals surface area contributed by atoms with Gasteiger partial charge in [-0.15, -0.1) is 0 Å². The van der Waals surface area contributed by atoms with Crippen molar-refractivity contribution in [3.05, 3.63) is 94.8 Å². The summed E-state index contributed by atoms with van der Waals surface area (Å²) in [4.78, 5) is 19.9. The molecule has 1 amide bonds. The molecule has 38 heavy (non-hydrogen) atoms. The first-order valence-corrected chi connectivity index (χ1v) is 12.3. The summed E-state index contributed by atoms with van der Waals surface area (Å²) in [7, 11) is 0. The third kappa shape index (κ3) is 6.39. The Balaban J connectivity index is 1.77. The molecule has 8 heteroatoms. The van der Waals surface area contributed by atoms with Crippen LogP contribution in [0.4, 0.5) is 14.9 Å². The van der Waals surface area contributed by atoms with Crippen molar-refractivity contribution in [2.24, 2.45) is 10.7 Å². The molecule has 4 aromatic rings. The zero-order chi connectivity index (χ0) is 27.7. The van der Waals surface area contributed by atoms with Crippen LogP contribution >= 0.6 is 0 Å². The number of rotatable bonds is 6. The topological polar surface area (TPSA) is 113 Å². The van der Waals surface area contributed by atoms with Crippen molar-refractivity contribution in [2.45, 2.75) is 52.3 Å². The van der Waals surface area contributed by atoms with E-state index in [-0.39, 0.29) is 12.4 Å². The number of aromatic hydroxyl groups is 1. The number of nitrogens with zero attached hydrogens (tertiary/aromatic N) is 1. The monoisotopic (exact) mass is 516 g/mol. The lowest BCUT2D eigenvalue weighted by Gasteiger charge is -2.19. The first kappa shape index (κ1) is 26.9. The molecular formula is C30H33FN4O3. The minimum atomic E-state index is -0.604. The van der Waals surface area contributed by atoms with E-state index in [1.807, 2.05) is 62.4 Å². The molecule has 0 atom stereocenters. The van der Waals surface area contributed by atoms with Crippen molar-refractivity contribution < 1.29 is 19.0 Å². The average molecular weight is 517 g/mol. The molecule has 0 fully saturated rings. The van der Waals surface area contributed by atoms with E-state index in [1.54, 1.807) is 26.8 Å². The summed E-state index contributed by atoms with van der Waals surface area (Å²) in [6.07, 6.45) is -0.518. The van der Waals surface area contributed by atoms with Gasteiger partial charge in [0.05, 0.1) is 22.5 Å². The zero-order valence-electron chi connectivity index (χ0n) is 22.2. The van der Waals surface area contributed by atoms with Crippen LogP contribution in [0.2, 0.25) is 0 Å². The Bertz CT molecular complexity index is 1490. The summed E-state index contributed by atoms with van der Waals surface area (Å²) in [5.74, 6) is -0.541. The number of carbonyl (C=O) groups is 1. The number of carbonyl (C=O) groups excluding carboxylic acids is 1. The summed E-state index contributed by atoms with van der Waals surface area (Å²) < 4.78 is 19.2. The fourth-order valence-electron chi connectivity index (χ4n) is 4.07. The Kier molecular flexibility index (Phi) is 7.29. The lowest BCUT2D eigenvalue weighted by molar-refractivity contribution is 0.0523. The van der Waals surface area contributed by atoms with E-state index in [0.717, 1.165) is 11.1 Å². The van der Waals surface area contributed by atoms with Gasteiger partial charge in [-0.25, -0.2) is 14.2 Å². The van der Waals surface area contributed by atoms with Gasteiger partial charge in [0.15, 0.2) is 5.88 Å². The molecule has 0 saturated carbocycles. The Morgan fingerprint density at radius 2 is 1.76 bits per heavy atom. The lowest BCUT2D eigenvalue weighted by Crippen LogP contribution is -2.32. The van der Waals surface area contributed by atoms with E-state index in [0.29, 0.717) is 33.4 Å². The number of hydrogen-bond donors (Lipinski definition) is 4. The molecule has 0 aliphatic carbocycles. The Morgan fingerprint density at radius 1 is 1.05 bits per heavy atom. The molecule has 5 N–H and O–H groups in total. The number of alkyl carbamates (subject to hydrolysis) is 1. The van der Waals surface area contributed by atoms with Crippen LogP contribution < -0.4 is 11.1 Å². The molecule has 0 spiro atoms. The van der Waals surface area contributed by atoms with Gasteiger partial charge >= 0.3 is 6.09 Å². The van der Waals surface area contributed by atoms with E-state index in [9.17, 15) is 14.3 Å². The zero-order valence-corrected chi connectivity index (χ0v) is 22.2. The van der Waals surface area contributed by atoms with Crippen molar-refractivity contribution in [3.8, 4) is 5.88 Å². The van der Waals surface area contributed by atoms with Crippen molar-refractivity contribution in [3.63, 3.8) is 0 Å². The largest absolute Gasteiger partial charge is 0.494 e. The number of H-pyrrole nitrogens is 1. The molecule has 0 aliphatic rings. The van der Waals surface area contributed by atoms with Crippen LogP contribution in [0.1, 0.15) is 56.9 Å². The molecule has 3 aromatic carbocycles. The van der Waals surface area contributed by atoms with E-state index >= 15 is 0 Å². The lowest BCUT2D eigenvalue weighted by atomic mass is 9.95. The van der Waals surface area contributed by atoms with Crippen LogP contribution in [0.25, 0.3) is 10.9 Å². The molecule has 0 bridgehead atoms. The molecule has 198 valence electrons. The molecule has 4 rings (SSSR count). The van der Waals surface area contributed by atoms with E-state index in [1.165, 1.54) is 12.1 Å². The Labute approximate surface area is 221 Å². The fraction of sp³-hybridized carbons (Fsp3) is 0.267. The minimum absolute atomic E-state index is 0.124. The number of aromatic amines is 1. The fourth-order valence-corrected chi connectivity index (χ4v) is 4.07. The number of aromatic nitrogens is 1. The second-order valence-electron chi connectivity index (χ2n) is 10.8. The van der Waals surface area contributed by atoms with E-state index in [4.69, 9.17) is 15.5 Å². The number of halogens is 1. The SMILES string of the molecule is CC(C)(C)OC(=O)NCc1cccc(C(=Nc2ccc(C(C)(C)N)cc2)c2c(O)[nH]c3cc(F)ccc23)c1. The second-order valence-corrected chi connectivity index (χ2v) is 10.8. The smallest absolute Gasteiger partial charge is 0.407 e. The quantitative estimate of drug-likeness (QED) is 0.222. The highest BCUT2D eigenvalue weighted by Gasteiger charge is 2.21. The van der Waals surface area contributed by atoms with Gasteiger partial charge in [0.1, 0.15) is 11.4 Å². The van der Waals surface area contributed by atoms with Crippen LogP contribution in [-0.4, -0.2) is 27.5 Å². The number of amides is 1. The van der Waals surface area contributed by atoms with Gasteiger partial charge in [-0.1, -0.05) is 30.3 Å². The molecule has 1 heterocycles. The number of nitrogens with one attached hydrogen (secondary N) is 2. The van der Waals surface area contributed by atoms with Gasteiger partial charge < -0.3 is 25.9 Å². The third-order valence-electron chi connectivity index (χ3n) is 5.87. The molecular weight excluding hydrogens is 483 g/mol. The van der Waals surface area contributed by atoms with Crippen LogP contribution in [0.3, 0.4) is 0 Å². The van der Waals surface area contributed by atoms with Crippen LogP contribution in [0, 0.1) is 5.82 Å². The van der Waals surface area contributed by atoms with Crippen molar-refractivity contribution in [1.82, 2.24) is 10.3 Å². The van der Waals surface area contributed by atoms with Gasteiger partial charge in [-0.3, -0.25) is 0 Å². The van der Waals surface area contributed by atoms with Gasteiger partial charge in [0, 0.05) is 23.0 Å². The van der Waals surface area contributed by atoms with Gasteiger partial charge in [-0.2, -0.15) is 0 Å². The van der Waals surface area contributed by atoms with Crippen LogP contribution in [0.5, 0.6) is 5.88 Å². The van der Waals surface area contributed by atoms with Gasteiger partial charge in [0.2, 0.25) is 0 Å². The normalized spacial score (nSPS) is 12.6. The molecule has 0 unspecified atom stereocenters. The first-order chi connectivity index (χ1) is 17.8. The number of nitrogens with two attached hydrogens (primary N) is 1.